The number of anilines is 1. The van der Waals surface area contributed by atoms with E-state index in [1.165, 1.54) is 24.9 Å². The predicted molar refractivity (Wildman–Crippen MR) is 89.5 cm³/mol. The highest BCUT2D eigenvalue weighted by Crippen LogP contribution is 2.48. The van der Waals surface area contributed by atoms with E-state index in [4.69, 9.17) is 5.73 Å². The second-order valence-corrected chi connectivity index (χ2v) is 7.19. The second kappa shape index (κ2) is 5.36. The zero-order valence-electron chi connectivity index (χ0n) is 13.4. The van der Waals surface area contributed by atoms with Gasteiger partial charge in [0, 0.05) is 5.69 Å². The van der Waals surface area contributed by atoms with Crippen molar-refractivity contribution in [1.82, 2.24) is 0 Å². The number of rotatable bonds is 2. The molecule has 3 nitrogen and oxygen atoms in total. The largest absolute Gasteiger partial charge is 0.369 e. The summed E-state index contributed by atoms with van der Waals surface area (Å²) in [6.07, 6.45) is 3.80. The Kier molecular flexibility index (Phi) is 3.68. The lowest BCUT2D eigenvalue weighted by molar-refractivity contribution is 0.124. The van der Waals surface area contributed by atoms with Gasteiger partial charge in [-0.1, -0.05) is 45.4 Å². The third-order valence-electron chi connectivity index (χ3n) is 5.37. The summed E-state index contributed by atoms with van der Waals surface area (Å²) in [4.78, 5) is 7.00. The summed E-state index contributed by atoms with van der Waals surface area (Å²) in [5.41, 5.74) is 7.57. The summed E-state index contributed by atoms with van der Waals surface area (Å²) < 4.78 is 0. The number of hydrogen-bond donors (Lipinski definition) is 1. The highest BCUT2D eigenvalue weighted by molar-refractivity contribution is 5.98. The van der Waals surface area contributed by atoms with Crippen LogP contribution < -0.4 is 10.6 Å². The van der Waals surface area contributed by atoms with Gasteiger partial charge in [-0.2, -0.15) is 0 Å². The molecule has 1 aliphatic carbocycles. The van der Waals surface area contributed by atoms with E-state index in [1.54, 1.807) is 0 Å². The normalized spacial score (nSPS) is 32.8. The SMILES string of the molecule is CC1CCC(C(C)C)C2(CN=C(N)N2c2ccccc2)C1. The first-order valence-corrected chi connectivity index (χ1v) is 8.20. The summed E-state index contributed by atoms with van der Waals surface area (Å²) in [5, 5.41) is 0. The van der Waals surface area contributed by atoms with Crippen LogP contribution in [0.5, 0.6) is 0 Å². The van der Waals surface area contributed by atoms with Gasteiger partial charge in [-0.3, -0.25) is 4.99 Å². The van der Waals surface area contributed by atoms with Gasteiger partial charge >= 0.3 is 0 Å². The molecule has 0 radical (unpaired) electrons. The van der Waals surface area contributed by atoms with Gasteiger partial charge in [-0.25, -0.2) is 0 Å². The Hall–Kier alpha value is -1.51. The quantitative estimate of drug-likeness (QED) is 0.901. The van der Waals surface area contributed by atoms with Gasteiger partial charge in [0.2, 0.25) is 0 Å². The molecule has 1 aliphatic heterocycles. The van der Waals surface area contributed by atoms with Crippen LogP contribution in [0.3, 0.4) is 0 Å². The lowest BCUT2D eigenvalue weighted by Crippen LogP contribution is -2.60. The van der Waals surface area contributed by atoms with Crippen molar-refractivity contribution in [2.24, 2.45) is 28.5 Å². The van der Waals surface area contributed by atoms with Crippen molar-refractivity contribution in [1.29, 1.82) is 0 Å². The molecule has 1 aromatic rings. The number of benzene rings is 1. The van der Waals surface area contributed by atoms with E-state index < -0.39 is 0 Å². The van der Waals surface area contributed by atoms with Crippen molar-refractivity contribution in [2.45, 2.75) is 45.6 Å². The highest BCUT2D eigenvalue weighted by Gasteiger charge is 2.52. The van der Waals surface area contributed by atoms with Crippen LogP contribution in [0.15, 0.2) is 35.3 Å². The Balaban J connectivity index is 2.04. The summed E-state index contributed by atoms with van der Waals surface area (Å²) in [6, 6.07) is 10.6. The lowest BCUT2D eigenvalue weighted by atomic mass is 9.64. The van der Waals surface area contributed by atoms with Crippen molar-refractivity contribution < 1.29 is 0 Å². The molecule has 1 saturated carbocycles. The van der Waals surface area contributed by atoms with E-state index in [9.17, 15) is 0 Å². The summed E-state index contributed by atoms with van der Waals surface area (Å²) in [6.45, 7) is 7.91. The van der Waals surface area contributed by atoms with Crippen LogP contribution in [0.1, 0.15) is 40.0 Å². The molecule has 2 aliphatic rings. The molecule has 0 bridgehead atoms. The van der Waals surface area contributed by atoms with Gasteiger partial charge < -0.3 is 10.6 Å². The molecule has 0 aromatic heterocycles. The molecule has 2 N–H and O–H groups in total. The molecule has 0 saturated heterocycles. The average Bonchev–Trinajstić information content (AvgIpc) is 2.76. The first kappa shape index (κ1) is 14.4. The maximum Gasteiger partial charge on any atom is 0.196 e. The number of aliphatic imine (C=N–C) groups is 1. The Labute approximate surface area is 128 Å². The summed E-state index contributed by atoms with van der Waals surface area (Å²) in [5.74, 6) is 2.75. The van der Waals surface area contributed by atoms with Gasteiger partial charge in [0.15, 0.2) is 5.96 Å². The highest BCUT2D eigenvalue weighted by atomic mass is 15.4. The Morgan fingerprint density at radius 2 is 1.95 bits per heavy atom. The molecular weight excluding hydrogens is 258 g/mol. The number of hydrogen-bond acceptors (Lipinski definition) is 3. The van der Waals surface area contributed by atoms with Crippen LogP contribution in [0.2, 0.25) is 0 Å². The minimum atomic E-state index is 0.0806. The zero-order chi connectivity index (χ0) is 15.0. The predicted octanol–water partition coefficient (Wildman–Crippen LogP) is 3.65. The van der Waals surface area contributed by atoms with E-state index in [2.05, 4.69) is 61.0 Å². The number of nitrogens with zero attached hydrogens (tertiary/aromatic N) is 2. The van der Waals surface area contributed by atoms with Crippen molar-refractivity contribution in [3.8, 4) is 0 Å². The van der Waals surface area contributed by atoms with Crippen molar-refractivity contribution in [2.75, 3.05) is 11.4 Å². The maximum absolute atomic E-state index is 6.30. The third kappa shape index (κ3) is 2.33. The molecule has 1 aromatic carbocycles. The Bertz CT molecular complexity index is 523. The Morgan fingerprint density at radius 3 is 2.62 bits per heavy atom. The van der Waals surface area contributed by atoms with Crippen molar-refractivity contribution in [3.63, 3.8) is 0 Å². The van der Waals surface area contributed by atoms with Gasteiger partial charge in [-0.05, 0) is 42.7 Å². The van der Waals surface area contributed by atoms with Crippen LogP contribution >= 0.6 is 0 Å². The topological polar surface area (TPSA) is 41.6 Å². The average molecular weight is 285 g/mol. The van der Waals surface area contributed by atoms with Crippen LogP contribution in [-0.2, 0) is 0 Å². The smallest absolute Gasteiger partial charge is 0.196 e. The first-order chi connectivity index (χ1) is 10.0. The molecule has 0 amide bonds. The molecular formula is C18H27N3. The fraction of sp³-hybridized carbons (Fsp3) is 0.611. The second-order valence-electron chi connectivity index (χ2n) is 7.19. The minimum Gasteiger partial charge on any atom is -0.369 e. The lowest BCUT2D eigenvalue weighted by Gasteiger charge is -2.51. The van der Waals surface area contributed by atoms with E-state index in [0.717, 1.165) is 12.5 Å². The van der Waals surface area contributed by atoms with Gasteiger partial charge in [-0.15, -0.1) is 0 Å². The van der Waals surface area contributed by atoms with E-state index in [1.807, 2.05) is 0 Å². The van der Waals surface area contributed by atoms with Crippen molar-refractivity contribution in [3.05, 3.63) is 30.3 Å². The van der Waals surface area contributed by atoms with Gasteiger partial charge in [0.05, 0.1) is 12.1 Å². The molecule has 3 rings (SSSR count). The number of para-hydroxylation sites is 1. The Morgan fingerprint density at radius 1 is 1.24 bits per heavy atom. The molecule has 3 heteroatoms. The summed E-state index contributed by atoms with van der Waals surface area (Å²) >= 11 is 0. The minimum absolute atomic E-state index is 0.0806. The molecule has 21 heavy (non-hydrogen) atoms. The molecule has 1 heterocycles. The standard InChI is InChI=1S/C18H27N3/c1-13(2)16-10-9-14(3)11-18(16)12-20-17(19)21(18)15-7-5-4-6-8-15/h4-8,13-14,16H,9-12H2,1-3H3,(H2,19,20). The molecule has 114 valence electrons. The monoisotopic (exact) mass is 285 g/mol. The number of nitrogens with two attached hydrogens (primary N) is 1. The number of guanidine groups is 1. The van der Waals surface area contributed by atoms with Crippen LogP contribution in [0.25, 0.3) is 0 Å². The van der Waals surface area contributed by atoms with Crippen LogP contribution in [0.4, 0.5) is 5.69 Å². The molecule has 3 unspecified atom stereocenters. The third-order valence-corrected chi connectivity index (χ3v) is 5.37. The first-order valence-electron chi connectivity index (χ1n) is 8.20. The van der Waals surface area contributed by atoms with E-state index in [0.29, 0.717) is 17.8 Å². The maximum atomic E-state index is 6.30. The van der Waals surface area contributed by atoms with Gasteiger partial charge in [0.1, 0.15) is 0 Å². The molecule has 1 spiro atoms. The van der Waals surface area contributed by atoms with Crippen LogP contribution in [0, 0.1) is 17.8 Å². The fourth-order valence-electron chi connectivity index (χ4n) is 4.54. The van der Waals surface area contributed by atoms with E-state index >= 15 is 0 Å². The molecule has 1 fully saturated rings. The summed E-state index contributed by atoms with van der Waals surface area (Å²) in [7, 11) is 0. The fourth-order valence-corrected chi connectivity index (χ4v) is 4.54. The van der Waals surface area contributed by atoms with E-state index in [-0.39, 0.29) is 5.54 Å². The zero-order valence-corrected chi connectivity index (χ0v) is 13.4. The van der Waals surface area contributed by atoms with Gasteiger partial charge in [0.25, 0.3) is 0 Å². The van der Waals surface area contributed by atoms with Crippen LogP contribution in [-0.4, -0.2) is 18.0 Å². The molecule has 3 atom stereocenters. The van der Waals surface area contributed by atoms with Crippen molar-refractivity contribution >= 4 is 11.6 Å².